The standard InChI is InChI=1S/4C10H15.4ClH2.4Ru/c4*1-6-7(2)9(4)10(5)8(6)3;;;;;;;;/h4*1-5H3;4*1H2;;;;/q;;;;4*+1;2*+2;2*+3. The second-order valence-corrected chi connectivity index (χ2v) is 23.8. The van der Waals surface area contributed by atoms with Crippen LogP contribution < -0.4 is 0 Å². The van der Waals surface area contributed by atoms with Crippen LogP contribution in [0.4, 0.5) is 0 Å². The monoisotopic (exact) mass is 1100 g/mol. The van der Waals surface area contributed by atoms with Crippen LogP contribution in [0.5, 0.6) is 0 Å². The van der Waals surface area contributed by atoms with E-state index in [1.807, 2.05) is 17.3 Å². The summed E-state index contributed by atoms with van der Waals surface area (Å²) in [4.78, 5) is 0. The maximum atomic E-state index is 3.84. The van der Waals surface area contributed by atoms with E-state index < -0.39 is 13.0 Å². The van der Waals surface area contributed by atoms with E-state index in [2.05, 4.69) is 177 Å². The first-order valence-corrected chi connectivity index (χ1v) is 26.2. The summed E-state index contributed by atoms with van der Waals surface area (Å²) in [5, 5.41) is 0. The molecular weight excluding hydrogens is 1030 g/mol. The van der Waals surface area contributed by atoms with E-state index in [9.17, 15) is 0 Å². The summed E-state index contributed by atoms with van der Waals surface area (Å²) < 4.78 is 0. The van der Waals surface area contributed by atoms with Crippen molar-refractivity contribution in [3.05, 3.63) is 118 Å². The minimum Gasteiger partial charge on any atom is 2.00 e. The van der Waals surface area contributed by atoms with E-state index in [0.29, 0.717) is 0 Å². The van der Waals surface area contributed by atoms with E-state index in [-0.39, 0.29) is 39.0 Å². The van der Waals surface area contributed by atoms with Crippen molar-refractivity contribution in [2.75, 3.05) is 0 Å². The molecule has 0 aliphatic heterocycles. The molecule has 0 aromatic rings. The van der Waals surface area contributed by atoms with Gasteiger partial charge in [0.15, 0.2) is 0 Å². The fourth-order valence-electron chi connectivity index (χ4n) is 5.62. The molecule has 0 aromatic heterocycles. The first kappa shape index (κ1) is 58.4. The first-order valence-electron chi connectivity index (χ1n) is 15.6. The number of halogens is 4. The van der Waals surface area contributed by atoms with Gasteiger partial charge in [0.25, 0.3) is 0 Å². The summed E-state index contributed by atoms with van der Waals surface area (Å²) in [6.07, 6.45) is 0. The van der Waals surface area contributed by atoms with Crippen molar-refractivity contribution in [1.29, 1.82) is 0 Å². The van der Waals surface area contributed by atoms with Crippen molar-refractivity contribution in [3.63, 3.8) is 0 Å². The zero-order valence-corrected chi connectivity index (χ0v) is 43.7. The van der Waals surface area contributed by atoms with E-state index in [4.69, 9.17) is 0 Å². The van der Waals surface area contributed by atoms with E-state index in [1.54, 1.807) is 0 Å². The van der Waals surface area contributed by atoms with Gasteiger partial charge in [0.2, 0.25) is 0 Å². The van der Waals surface area contributed by atoms with E-state index in [0.717, 1.165) is 0 Å². The molecule has 0 unspecified atom stereocenters. The minimum atomic E-state index is -1.09. The molecule has 20 radical (unpaired) electrons. The summed E-state index contributed by atoms with van der Waals surface area (Å²) >= 11 is 0.958. The third-order valence-corrected chi connectivity index (χ3v) is 11.2. The third-order valence-electron chi connectivity index (χ3n) is 11.2. The molecule has 0 atom stereocenters. The smallest absolute Gasteiger partial charge is 2.00 e. The van der Waals surface area contributed by atoms with Crippen molar-refractivity contribution in [1.82, 2.24) is 0 Å². The summed E-state index contributed by atoms with van der Waals surface area (Å²) in [5.74, 6) is 29.4. The maximum absolute atomic E-state index is 3.84. The molecule has 0 nitrogen and oxygen atoms in total. The van der Waals surface area contributed by atoms with Gasteiger partial charge < -0.3 is 0 Å². The SMILES string of the molecule is C[C]1[C](C)[C](C)[C](C)[C]1C.C[C]1[C](C)[C](C)[C](C)[C]1C.C[C]1[C](C)[C](C)[C](C)[C]1C.C[C]1[C](C)[C](C)[C](C)[C]1C.[ClH2+2][Ru+2].[ClH2+2][Ru]([ClH2+2])[ClH2+2].[Ru+2].[Ru+2]. The molecule has 4 aliphatic carbocycles. The Morgan fingerprint density at radius 3 is 0.271 bits per heavy atom. The molecular formula is C40H68Cl4Ru4+14. The van der Waals surface area contributed by atoms with Crippen molar-refractivity contribution < 1.29 is 108 Å². The molecule has 0 saturated heterocycles. The molecule has 0 spiro atoms. The van der Waals surface area contributed by atoms with Gasteiger partial charge in [0, 0.05) is 0 Å². The molecule has 0 aromatic carbocycles. The number of hydrogen-bond donors (Lipinski definition) is 0. The van der Waals surface area contributed by atoms with Gasteiger partial charge in [-0.05, 0) is 118 Å². The Kier molecular flexibility index (Phi) is 34.2. The van der Waals surface area contributed by atoms with Crippen LogP contribution in [0.2, 0.25) is 0 Å². The zero-order valence-electron chi connectivity index (χ0n) is 33.2. The van der Waals surface area contributed by atoms with Crippen LogP contribution in [0.3, 0.4) is 0 Å². The topological polar surface area (TPSA) is 0 Å². The Morgan fingerprint density at radius 2 is 0.250 bits per heavy atom. The predicted molar refractivity (Wildman–Crippen MR) is 189 cm³/mol. The molecule has 0 bridgehead atoms. The molecule has 4 fully saturated rings. The van der Waals surface area contributed by atoms with Gasteiger partial charge in [0.05, 0.1) is 0 Å². The Balaban J connectivity index is -0.000000251. The average molecular weight is 1100 g/mol. The van der Waals surface area contributed by atoms with E-state index in [1.165, 1.54) is 118 Å². The third kappa shape index (κ3) is 16.8. The quantitative estimate of drug-likeness (QED) is 0.212. The Labute approximate surface area is 361 Å². The normalized spacial score (nSPS) is 24.8. The van der Waals surface area contributed by atoms with Crippen LogP contribution in [-0.2, 0) is 69.2 Å². The molecule has 0 heterocycles. The van der Waals surface area contributed by atoms with Crippen LogP contribution in [0.1, 0.15) is 138 Å². The second kappa shape index (κ2) is 28.1. The minimum absolute atomic E-state index is 0. The van der Waals surface area contributed by atoms with Crippen LogP contribution in [0.15, 0.2) is 0 Å². The fraction of sp³-hybridized carbons (Fsp3) is 0.500. The van der Waals surface area contributed by atoms with Crippen LogP contribution >= 0.6 is 0 Å². The van der Waals surface area contributed by atoms with Crippen molar-refractivity contribution in [3.8, 4) is 0 Å². The van der Waals surface area contributed by atoms with Gasteiger partial charge in [-0.25, -0.2) is 0 Å². The summed E-state index contributed by atoms with van der Waals surface area (Å²) in [5.41, 5.74) is 0. The van der Waals surface area contributed by atoms with Crippen LogP contribution in [0.25, 0.3) is 0 Å². The predicted octanol–water partition coefficient (Wildman–Crippen LogP) is 9.74. The van der Waals surface area contributed by atoms with Gasteiger partial charge in [-0.2, -0.15) is 0 Å². The van der Waals surface area contributed by atoms with Crippen LogP contribution in [-0.4, -0.2) is 0 Å². The molecule has 4 rings (SSSR count). The van der Waals surface area contributed by atoms with Crippen molar-refractivity contribution in [2.45, 2.75) is 138 Å². The number of hydrogen-bond acceptors (Lipinski definition) is 0. The Hall–Kier alpha value is 3.65. The molecule has 4 saturated carbocycles. The Bertz CT molecular complexity index is 488. The maximum Gasteiger partial charge on any atom is 2.00 e. The molecule has 8 heteroatoms. The Morgan fingerprint density at radius 1 is 0.229 bits per heavy atom. The van der Waals surface area contributed by atoms with Gasteiger partial charge in [-0.3, -0.25) is 0 Å². The van der Waals surface area contributed by atoms with Gasteiger partial charge in [-0.1, -0.05) is 138 Å². The summed E-state index contributed by atoms with van der Waals surface area (Å²) in [6.45, 7) is 44.0. The molecule has 0 N–H and O–H groups in total. The van der Waals surface area contributed by atoms with Crippen LogP contribution in [0, 0.1) is 157 Å². The van der Waals surface area contributed by atoms with Gasteiger partial charge >= 0.3 is 108 Å². The molecule has 48 heavy (non-hydrogen) atoms. The largest absolute Gasteiger partial charge is 2.00 e. The summed E-state index contributed by atoms with van der Waals surface area (Å²) in [7, 11) is 15.0. The number of rotatable bonds is 0. The fourth-order valence-corrected chi connectivity index (χ4v) is 5.62. The van der Waals surface area contributed by atoms with E-state index >= 15 is 0 Å². The molecule has 274 valence electrons. The average Bonchev–Trinajstić information content (AvgIpc) is 3.46. The van der Waals surface area contributed by atoms with Crippen molar-refractivity contribution in [2.24, 2.45) is 0 Å². The summed E-state index contributed by atoms with van der Waals surface area (Å²) in [6, 6.07) is 0. The zero-order chi connectivity index (χ0) is 37.1. The van der Waals surface area contributed by atoms with Gasteiger partial charge in [0.1, 0.15) is 0 Å². The molecule has 0 amide bonds. The van der Waals surface area contributed by atoms with Gasteiger partial charge in [-0.15, -0.1) is 0 Å². The first-order chi connectivity index (χ1) is 20.9. The molecule has 4 aliphatic rings. The van der Waals surface area contributed by atoms with Crippen molar-refractivity contribution >= 4 is 0 Å². The second-order valence-electron chi connectivity index (χ2n) is 12.7.